The van der Waals surface area contributed by atoms with Crippen molar-refractivity contribution in [2.45, 2.75) is 12.8 Å². The first-order chi connectivity index (χ1) is 8.49. The molecule has 0 spiro atoms. The molecule has 3 rings (SSSR count). The Morgan fingerprint density at radius 2 is 2.00 bits per heavy atom. The van der Waals surface area contributed by atoms with Gasteiger partial charge in [-0.25, -0.2) is 4.79 Å². The molecule has 0 amide bonds. The summed E-state index contributed by atoms with van der Waals surface area (Å²) in [5.41, 5.74) is 1.66. The lowest BCUT2D eigenvalue weighted by Crippen LogP contribution is -2.36. The number of benzene rings is 1. The number of hydrogen-bond acceptors (Lipinski definition) is 3. The van der Waals surface area contributed by atoms with Crippen molar-refractivity contribution in [2.75, 3.05) is 0 Å². The number of fused-ring (bicyclic) bond motifs is 3. The van der Waals surface area contributed by atoms with Crippen LogP contribution in [-0.2, 0) is 9.53 Å². The first-order valence-corrected chi connectivity index (χ1v) is 5.48. The van der Waals surface area contributed by atoms with Gasteiger partial charge in [0.1, 0.15) is 0 Å². The van der Waals surface area contributed by atoms with Gasteiger partial charge in [0, 0.05) is 11.6 Å². The molecule has 2 aliphatic rings. The number of alkyl halides is 1. The predicted octanol–water partition coefficient (Wildman–Crippen LogP) is 2.35. The van der Waals surface area contributed by atoms with Gasteiger partial charge in [-0.1, -0.05) is 17.7 Å². The molecule has 4 heteroatoms. The summed E-state index contributed by atoms with van der Waals surface area (Å²) in [6.45, 7) is 1.82. The number of rotatable bonds is 0. The highest BCUT2D eigenvalue weighted by Gasteiger charge is 2.45. The molecule has 0 saturated carbocycles. The van der Waals surface area contributed by atoms with Crippen molar-refractivity contribution >= 4 is 17.3 Å². The fraction of sp³-hybridized carbons (Fsp3) is 0.143. The van der Waals surface area contributed by atoms with Gasteiger partial charge >= 0.3 is 5.97 Å². The van der Waals surface area contributed by atoms with E-state index in [2.05, 4.69) is 0 Å². The molecule has 0 N–H and O–H groups in total. The minimum absolute atomic E-state index is 0.0876. The van der Waals surface area contributed by atoms with E-state index in [1.54, 1.807) is 18.2 Å². The van der Waals surface area contributed by atoms with Gasteiger partial charge in [-0.3, -0.25) is 4.79 Å². The molecule has 1 atom stereocenters. The summed E-state index contributed by atoms with van der Waals surface area (Å²) in [5.74, 6) is -3.36. The molecule has 0 radical (unpaired) electrons. The zero-order valence-electron chi connectivity index (χ0n) is 9.57. The van der Waals surface area contributed by atoms with Crippen molar-refractivity contribution in [3.8, 4) is 0 Å². The van der Waals surface area contributed by atoms with Crippen LogP contribution in [0.15, 0.2) is 36.4 Å². The first kappa shape index (κ1) is 10.9. The summed E-state index contributed by atoms with van der Waals surface area (Å²) in [6.07, 6.45) is 3.21. The van der Waals surface area contributed by atoms with Crippen LogP contribution < -0.4 is 0 Å². The fourth-order valence-electron chi connectivity index (χ4n) is 2.17. The zero-order chi connectivity index (χ0) is 12.9. The summed E-state index contributed by atoms with van der Waals surface area (Å²) in [7, 11) is 0. The number of aryl methyl sites for hydroxylation is 1. The molecule has 1 heterocycles. The van der Waals surface area contributed by atoms with Crippen LogP contribution in [0.5, 0.6) is 0 Å². The number of ketones is 1. The van der Waals surface area contributed by atoms with Gasteiger partial charge in [0.05, 0.1) is 5.56 Å². The van der Waals surface area contributed by atoms with Crippen LogP contribution in [0.4, 0.5) is 4.39 Å². The molecule has 1 unspecified atom stereocenters. The highest BCUT2D eigenvalue weighted by atomic mass is 19.2. The number of esters is 1. The van der Waals surface area contributed by atoms with Crippen LogP contribution in [0, 0.1) is 6.92 Å². The van der Waals surface area contributed by atoms with Crippen LogP contribution in [0.2, 0.25) is 0 Å². The van der Waals surface area contributed by atoms with E-state index in [-0.39, 0.29) is 16.9 Å². The topological polar surface area (TPSA) is 43.4 Å². The lowest BCUT2D eigenvalue weighted by Gasteiger charge is -2.32. The normalized spacial score (nSPS) is 25.1. The van der Waals surface area contributed by atoms with E-state index in [1.165, 1.54) is 6.08 Å². The number of carbonyl (C=O) groups is 2. The third kappa shape index (κ3) is 1.42. The molecular formula is C14H9FO3. The Kier molecular flexibility index (Phi) is 2.05. The van der Waals surface area contributed by atoms with Crippen molar-refractivity contribution in [3.63, 3.8) is 0 Å². The molecule has 3 nitrogen and oxygen atoms in total. The van der Waals surface area contributed by atoms with Gasteiger partial charge in [-0.05, 0) is 30.7 Å². The smallest absolute Gasteiger partial charge is 0.342 e. The van der Waals surface area contributed by atoms with Gasteiger partial charge in [0.25, 0.3) is 5.85 Å². The molecular weight excluding hydrogens is 235 g/mol. The molecule has 1 aliphatic heterocycles. The van der Waals surface area contributed by atoms with Crippen LogP contribution in [0.3, 0.4) is 0 Å². The molecule has 1 aliphatic carbocycles. The third-order valence-electron chi connectivity index (χ3n) is 3.04. The number of hydrogen-bond donors (Lipinski definition) is 0. The zero-order valence-corrected chi connectivity index (χ0v) is 9.57. The summed E-state index contributed by atoms with van der Waals surface area (Å²) in [4.78, 5) is 23.1. The largest absolute Gasteiger partial charge is 0.417 e. The van der Waals surface area contributed by atoms with E-state index in [0.29, 0.717) is 5.56 Å². The lowest BCUT2D eigenvalue weighted by molar-refractivity contribution is -0.111. The van der Waals surface area contributed by atoms with Crippen LogP contribution in [0.1, 0.15) is 21.5 Å². The van der Waals surface area contributed by atoms with Gasteiger partial charge < -0.3 is 4.74 Å². The van der Waals surface area contributed by atoms with Gasteiger partial charge in [0.15, 0.2) is 5.78 Å². The van der Waals surface area contributed by atoms with Crippen molar-refractivity contribution in [3.05, 3.63) is 53.1 Å². The second kappa shape index (κ2) is 3.38. The standard InChI is InChI=1S/C14H9FO3/c1-8-2-3-10-11(6-8)13(17)18-14(15)5-4-9(16)7-12(10)14/h2-7H,1H3. The summed E-state index contributed by atoms with van der Waals surface area (Å²) in [5, 5.41) is 0. The van der Waals surface area contributed by atoms with E-state index in [9.17, 15) is 14.0 Å². The van der Waals surface area contributed by atoms with Gasteiger partial charge in [-0.2, -0.15) is 4.39 Å². The van der Waals surface area contributed by atoms with Gasteiger partial charge in [0.2, 0.25) is 0 Å². The van der Waals surface area contributed by atoms with Crippen molar-refractivity contribution in [1.82, 2.24) is 0 Å². The minimum atomic E-state index is -2.33. The molecule has 0 aromatic heterocycles. The average Bonchev–Trinajstić information content (AvgIpc) is 2.32. The molecule has 0 saturated heterocycles. The Labute approximate surface area is 103 Å². The number of allylic oxidation sites excluding steroid dienone is 2. The predicted molar refractivity (Wildman–Crippen MR) is 62.6 cm³/mol. The quantitative estimate of drug-likeness (QED) is 0.658. The van der Waals surface area contributed by atoms with E-state index < -0.39 is 11.8 Å². The van der Waals surface area contributed by atoms with Crippen molar-refractivity contribution < 1.29 is 18.7 Å². The summed E-state index contributed by atoms with van der Waals surface area (Å²) in [6, 6.07) is 5.03. The lowest BCUT2D eigenvalue weighted by atomic mass is 9.87. The third-order valence-corrected chi connectivity index (χ3v) is 3.04. The van der Waals surface area contributed by atoms with Crippen LogP contribution in [0.25, 0.3) is 5.57 Å². The second-order valence-electron chi connectivity index (χ2n) is 4.38. The van der Waals surface area contributed by atoms with E-state index in [4.69, 9.17) is 4.74 Å². The summed E-state index contributed by atoms with van der Waals surface area (Å²) < 4.78 is 19.3. The maximum Gasteiger partial charge on any atom is 0.342 e. The molecule has 18 heavy (non-hydrogen) atoms. The average molecular weight is 244 g/mol. The monoisotopic (exact) mass is 244 g/mol. The molecule has 0 fully saturated rings. The SMILES string of the molecule is Cc1ccc2c(c1)C(=O)OC1(F)C=CC(=O)C=C21. The first-order valence-electron chi connectivity index (χ1n) is 5.48. The van der Waals surface area contributed by atoms with Gasteiger partial charge in [-0.15, -0.1) is 0 Å². The Morgan fingerprint density at radius 1 is 1.22 bits per heavy atom. The van der Waals surface area contributed by atoms with E-state index in [0.717, 1.165) is 17.7 Å². The van der Waals surface area contributed by atoms with Crippen molar-refractivity contribution in [2.24, 2.45) is 0 Å². The molecule has 1 aromatic carbocycles. The molecule has 0 bridgehead atoms. The van der Waals surface area contributed by atoms with Crippen LogP contribution in [-0.4, -0.2) is 17.6 Å². The Morgan fingerprint density at radius 3 is 2.78 bits per heavy atom. The highest BCUT2D eigenvalue weighted by molar-refractivity contribution is 6.11. The Balaban J connectivity index is 2.28. The Bertz CT molecular complexity index is 642. The molecule has 90 valence electrons. The molecule has 1 aromatic rings. The fourth-order valence-corrected chi connectivity index (χ4v) is 2.17. The number of ether oxygens (including phenoxy) is 1. The number of carbonyl (C=O) groups excluding carboxylic acids is 2. The maximum absolute atomic E-state index is 14.5. The van der Waals surface area contributed by atoms with E-state index >= 15 is 0 Å². The minimum Gasteiger partial charge on any atom is -0.417 e. The Hall–Kier alpha value is -2.23. The second-order valence-corrected chi connectivity index (χ2v) is 4.38. The van der Waals surface area contributed by atoms with Crippen molar-refractivity contribution in [1.29, 1.82) is 0 Å². The summed E-state index contributed by atoms with van der Waals surface area (Å²) >= 11 is 0. The van der Waals surface area contributed by atoms with Crippen LogP contribution >= 0.6 is 0 Å². The number of halogens is 1. The van der Waals surface area contributed by atoms with E-state index in [1.807, 2.05) is 6.92 Å². The maximum atomic E-state index is 14.5. The highest BCUT2D eigenvalue weighted by Crippen LogP contribution is 2.42.